The summed E-state index contributed by atoms with van der Waals surface area (Å²) < 4.78 is 6.12. The van der Waals surface area contributed by atoms with Gasteiger partial charge in [0.25, 0.3) is 5.91 Å². The topological polar surface area (TPSA) is 132 Å². The van der Waals surface area contributed by atoms with Gasteiger partial charge < -0.3 is 35.2 Å². The maximum absolute atomic E-state index is 13.9. The third-order valence-electron chi connectivity index (χ3n) is 8.36. The van der Waals surface area contributed by atoms with Crippen LogP contribution < -0.4 is 15.4 Å². The number of hydrogen-bond acceptors (Lipinski definition) is 7. The molecule has 42 heavy (non-hydrogen) atoms. The molecule has 3 aliphatic rings. The second-order valence-corrected chi connectivity index (χ2v) is 11.1. The van der Waals surface area contributed by atoms with Crippen molar-refractivity contribution in [2.75, 3.05) is 45.9 Å². The first-order valence-electron chi connectivity index (χ1n) is 14.7. The molecular weight excluding hydrogens is 538 g/mol. The number of fused-ring (bicyclic) bond motifs is 2. The van der Waals surface area contributed by atoms with Gasteiger partial charge in [0.2, 0.25) is 17.7 Å². The van der Waals surface area contributed by atoms with Crippen molar-refractivity contribution in [1.29, 1.82) is 0 Å². The van der Waals surface area contributed by atoms with Gasteiger partial charge >= 0.3 is 0 Å². The van der Waals surface area contributed by atoms with E-state index in [0.717, 1.165) is 24.9 Å². The Labute approximate surface area is 245 Å². The molecule has 0 spiro atoms. The van der Waals surface area contributed by atoms with Crippen LogP contribution in [-0.2, 0) is 20.8 Å². The predicted molar refractivity (Wildman–Crippen MR) is 155 cm³/mol. The molecule has 2 saturated heterocycles. The number of carbonyl (C=O) groups excluding carboxylic acids is 4. The number of ether oxygens (including phenoxy) is 1. The van der Waals surface area contributed by atoms with Crippen molar-refractivity contribution < 1.29 is 29.0 Å². The standard InChI is InChI=1S/C31H39N5O6/c1-2-34-14-16-35(17-15-34)30(40)26-19-28(38)32-25(18-21-9-11-23(37)12-10-21)31(41)36-13-5-6-22(36)20-42-27-8-4-3-7-24(27)29(39)33-26/h3-4,7-12,22,25-26,37H,2,5-6,13-20H2,1H3,(H,32,38)(H,33,39)/t22-,25+,26+/m1/s1. The molecule has 224 valence electrons. The third kappa shape index (κ3) is 6.84. The lowest BCUT2D eigenvalue weighted by Gasteiger charge is -2.36. The highest BCUT2D eigenvalue weighted by Crippen LogP contribution is 2.24. The normalized spacial score (nSPS) is 24.1. The van der Waals surface area contributed by atoms with Gasteiger partial charge in [-0.2, -0.15) is 0 Å². The first-order valence-corrected chi connectivity index (χ1v) is 14.7. The van der Waals surface area contributed by atoms with E-state index in [1.54, 1.807) is 46.2 Å². The van der Waals surface area contributed by atoms with Gasteiger partial charge in [-0.3, -0.25) is 19.2 Å². The van der Waals surface area contributed by atoms with Crippen molar-refractivity contribution in [2.24, 2.45) is 0 Å². The Kier molecular flexibility index (Phi) is 9.26. The van der Waals surface area contributed by atoms with Gasteiger partial charge in [0.1, 0.15) is 30.2 Å². The van der Waals surface area contributed by atoms with E-state index in [1.807, 2.05) is 0 Å². The second kappa shape index (κ2) is 13.2. The van der Waals surface area contributed by atoms with Crippen LogP contribution in [0.15, 0.2) is 48.5 Å². The quantitative estimate of drug-likeness (QED) is 0.497. The van der Waals surface area contributed by atoms with Gasteiger partial charge in [-0.15, -0.1) is 0 Å². The first kappa shape index (κ1) is 29.4. The Bertz CT molecular complexity index is 1290. The summed E-state index contributed by atoms with van der Waals surface area (Å²) in [5.41, 5.74) is 1.04. The average Bonchev–Trinajstić information content (AvgIpc) is 3.48. The number of carbonyl (C=O) groups is 4. The predicted octanol–water partition coefficient (Wildman–Crippen LogP) is 1.16. The van der Waals surface area contributed by atoms with E-state index >= 15 is 0 Å². The molecule has 0 aromatic heterocycles. The highest BCUT2D eigenvalue weighted by molar-refractivity contribution is 6.01. The zero-order valence-corrected chi connectivity index (χ0v) is 24.0. The molecule has 11 heteroatoms. The summed E-state index contributed by atoms with van der Waals surface area (Å²) >= 11 is 0. The van der Waals surface area contributed by atoms with Crippen LogP contribution in [0.25, 0.3) is 0 Å². The number of aromatic hydroxyl groups is 1. The van der Waals surface area contributed by atoms with Crippen LogP contribution in [0.2, 0.25) is 0 Å². The van der Waals surface area contributed by atoms with Crippen molar-refractivity contribution >= 4 is 23.6 Å². The molecule has 0 aliphatic carbocycles. The van der Waals surface area contributed by atoms with Crippen molar-refractivity contribution in [3.05, 3.63) is 59.7 Å². The fourth-order valence-electron chi connectivity index (χ4n) is 5.91. The molecule has 0 saturated carbocycles. The highest BCUT2D eigenvalue weighted by atomic mass is 16.5. The monoisotopic (exact) mass is 577 g/mol. The summed E-state index contributed by atoms with van der Waals surface area (Å²) in [4.78, 5) is 60.3. The van der Waals surface area contributed by atoms with E-state index in [4.69, 9.17) is 4.74 Å². The molecule has 5 rings (SSSR count). The SMILES string of the molecule is CCN1CCN(C(=O)[C@@H]2CC(=O)N[C@@H](Cc3ccc(O)cc3)C(=O)N3CCC[C@@H]3COc3ccccc3C(=O)N2)CC1. The number of para-hydroxylation sites is 1. The first-order chi connectivity index (χ1) is 20.3. The maximum atomic E-state index is 13.9. The molecule has 4 amide bonds. The zero-order valence-electron chi connectivity index (χ0n) is 24.0. The minimum Gasteiger partial charge on any atom is -0.508 e. The highest BCUT2D eigenvalue weighted by Gasteiger charge is 2.37. The van der Waals surface area contributed by atoms with Crippen LogP contribution in [0.4, 0.5) is 0 Å². The summed E-state index contributed by atoms with van der Waals surface area (Å²) in [5, 5.41) is 15.4. The average molecular weight is 578 g/mol. The molecule has 3 aliphatic heterocycles. The molecular formula is C31H39N5O6. The Morgan fingerprint density at radius 2 is 1.71 bits per heavy atom. The number of amides is 4. The number of nitrogens with zero attached hydrogens (tertiary/aromatic N) is 3. The summed E-state index contributed by atoms with van der Waals surface area (Å²) in [6.07, 6.45) is 1.43. The Hall–Kier alpha value is -4.12. The number of phenols is 1. The number of benzene rings is 2. The largest absolute Gasteiger partial charge is 0.508 e. The zero-order chi connectivity index (χ0) is 29.6. The summed E-state index contributed by atoms with van der Waals surface area (Å²) in [5.74, 6) is -1.10. The number of nitrogens with one attached hydrogen (secondary N) is 2. The van der Waals surface area contributed by atoms with Crippen molar-refractivity contribution in [1.82, 2.24) is 25.3 Å². The van der Waals surface area contributed by atoms with Gasteiger partial charge in [-0.25, -0.2) is 0 Å². The van der Waals surface area contributed by atoms with E-state index in [2.05, 4.69) is 22.5 Å². The van der Waals surface area contributed by atoms with Crippen molar-refractivity contribution in [2.45, 2.75) is 50.7 Å². The van der Waals surface area contributed by atoms with E-state index in [0.29, 0.717) is 38.5 Å². The van der Waals surface area contributed by atoms with Gasteiger partial charge in [0, 0.05) is 39.1 Å². The molecule has 2 aromatic rings. The molecule has 11 nitrogen and oxygen atoms in total. The van der Waals surface area contributed by atoms with Crippen molar-refractivity contribution in [3.8, 4) is 11.5 Å². The number of piperazine rings is 1. The van der Waals surface area contributed by atoms with Crippen LogP contribution in [0.3, 0.4) is 0 Å². The number of phenolic OH excluding ortho intramolecular Hbond substituents is 1. The van der Waals surface area contributed by atoms with E-state index in [1.165, 1.54) is 12.1 Å². The Morgan fingerprint density at radius 3 is 2.45 bits per heavy atom. The van der Waals surface area contributed by atoms with Crippen LogP contribution in [0.5, 0.6) is 11.5 Å². The number of rotatable bonds is 4. The smallest absolute Gasteiger partial charge is 0.255 e. The van der Waals surface area contributed by atoms with Crippen molar-refractivity contribution in [3.63, 3.8) is 0 Å². The van der Waals surface area contributed by atoms with E-state index in [9.17, 15) is 24.3 Å². The van der Waals surface area contributed by atoms with E-state index in [-0.39, 0.29) is 48.6 Å². The molecule has 0 unspecified atom stereocenters. The van der Waals surface area contributed by atoms with Gasteiger partial charge in [0.05, 0.1) is 18.0 Å². The van der Waals surface area contributed by atoms with Gasteiger partial charge in [-0.1, -0.05) is 31.2 Å². The molecule has 0 bridgehead atoms. The van der Waals surface area contributed by atoms with Crippen LogP contribution in [0.1, 0.15) is 42.1 Å². The molecule has 2 fully saturated rings. The third-order valence-corrected chi connectivity index (χ3v) is 8.36. The van der Waals surface area contributed by atoms with Crippen LogP contribution in [0, 0.1) is 0 Å². The lowest BCUT2D eigenvalue weighted by atomic mass is 10.0. The number of likely N-dealkylation sites (N-methyl/N-ethyl adjacent to an activating group) is 1. The summed E-state index contributed by atoms with van der Waals surface area (Å²) in [7, 11) is 0. The van der Waals surface area contributed by atoms with Gasteiger partial charge in [-0.05, 0) is 49.2 Å². The fourth-order valence-corrected chi connectivity index (χ4v) is 5.91. The van der Waals surface area contributed by atoms with Crippen LogP contribution in [-0.4, -0.2) is 107 Å². The second-order valence-electron chi connectivity index (χ2n) is 11.1. The summed E-state index contributed by atoms with van der Waals surface area (Å²) in [6.45, 7) is 6.10. The lowest BCUT2D eigenvalue weighted by molar-refractivity contribution is -0.139. The number of hydrogen-bond donors (Lipinski definition) is 3. The fraction of sp³-hybridized carbons (Fsp3) is 0.484. The van der Waals surface area contributed by atoms with Gasteiger partial charge in [0.15, 0.2) is 0 Å². The molecule has 2 aromatic carbocycles. The molecule has 3 N–H and O–H groups in total. The maximum Gasteiger partial charge on any atom is 0.255 e. The van der Waals surface area contributed by atoms with Crippen LogP contribution >= 0.6 is 0 Å². The summed E-state index contributed by atoms with van der Waals surface area (Å²) in [6, 6.07) is 11.1. The molecule has 3 heterocycles. The minimum absolute atomic E-state index is 0.106. The Morgan fingerprint density at radius 1 is 0.976 bits per heavy atom. The minimum atomic E-state index is -1.12. The molecule has 3 atom stereocenters. The van der Waals surface area contributed by atoms with E-state index < -0.39 is 23.9 Å². The molecule has 0 radical (unpaired) electrons. The Balaban J connectivity index is 1.44. The lowest BCUT2D eigenvalue weighted by Crippen LogP contribution is -2.57.